The highest BCUT2D eigenvalue weighted by Gasteiger charge is 2.28. The number of carbonyl (C=O) groups is 2. The molecule has 2 aromatic rings. The van der Waals surface area contributed by atoms with Crippen molar-refractivity contribution in [1.82, 2.24) is 4.90 Å². The van der Waals surface area contributed by atoms with Crippen molar-refractivity contribution in [3.63, 3.8) is 0 Å². The average Bonchev–Trinajstić information content (AvgIpc) is 3.04. The predicted molar refractivity (Wildman–Crippen MR) is 99.2 cm³/mol. The van der Waals surface area contributed by atoms with Crippen LogP contribution < -0.4 is 4.90 Å². The normalized spacial score (nSPS) is 18.0. The summed E-state index contributed by atoms with van der Waals surface area (Å²) in [6.07, 6.45) is 0. The second-order valence-corrected chi connectivity index (χ2v) is 6.80. The van der Waals surface area contributed by atoms with Crippen molar-refractivity contribution < 1.29 is 14.3 Å². The molecule has 0 aliphatic carbocycles. The van der Waals surface area contributed by atoms with Gasteiger partial charge >= 0.3 is 0 Å². The highest BCUT2D eigenvalue weighted by Crippen LogP contribution is 2.29. The molecule has 2 aliphatic heterocycles. The molecule has 1 saturated heterocycles. The molecule has 0 spiro atoms. The Bertz CT molecular complexity index is 825. The fraction of sp³-hybridized carbons (Fsp3) is 0.333. The topological polar surface area (TPSA) is 49.9 Å². The quantitative estimate of drug-likeness (QED) is 0.855. The summed E-state index contributed by atoms with van der Waals surface area (Å²) in [5.41, 5.74) is 3.65. The van der Waals surface area contributed by atoms with E-state index >= 15 is 0 Å². The summed E-state index contributed by atoms with van der Waals surface area (Å²) in [4.78, 5) is 28.9. The Kier molecular flexibility index (Phi) is 4.47. The van der Waals surface area contributed by atoms with E-state index < -0.39 is 0 Å². The van der Waals surface area contributed by atoms with E-state index in [4.69, 9.17) is 4.74 Å². The van der Waals surface area contributed by atoms with Crippen LogP contribution in [-0.4, -0.2) is 43.0 Å². The van der Waals surface area contributed by atoms with Crippen molar-refractivity contribution >= 4 is 17.5 Å². The van der Waals surface area contributed by atoms with Gasteiger partial charge in [-0.1, -0.05) is 30.3 Å². The summed E-state index contributed by atoms with van der Waals surface area (Å²) in [5, 5.41) is 0. The molecule has 1 atom stereocenters. The third kappa shape index (κ3) is 2.99. The van der Waals surface area contributed by atoms with Crippen LogP contribution in [0.2, 0.25) is 0 Å². The van der Waals surface area contributed by atoms with Gasteiger partial charge < -0.3 is 14.5 Å². The lowest BCUT2D eigenvalue weighted by molar-refractivity contribution is -0.136. The van der Waals surface area contributed by atoms with Gasteiger partial charge in [0.15, 0.2) is 0 Å². The van der Waals surface area contributed by atoms with Crippen LogP contribution in [0, 0.1) is 0 Å². The number of anilines is 1. The molecule has 0 saturated carbocycles. The Morgan fingerprint density at radius 1 is 1.04 bits per heavy atom. The lowest BCUT2D eigenvalue weighted by atomic mass is 9.99. The van der Waals surface area contributed by atoms with Crippen LogP contribution >= 0.6 is 0 Å². The van der Waals surface area contributed by atoms with Crippen molar-refractivity contribution in [2.24, 2.45) is 0 Å². The summed E-state index contributed by atoms with van der Waals surface area (Å²) in [5.74, 6) is -0.0369. The third-order valence-electron chi connectivity index (χ3n) is 5.22. The van der Waals surface area contributed by atoms with Crippen molar-refractivity contribution in [3.8, 4) is 0 Å². The van der Waals surface area contributed by atoms with E-state index in [1.807, 2.05) is 60.4 Å². The van der Waals surface area contributed by atoms with Gasteiger partial charge in [-0.05, 0) is 36.2 Å². The summed E-state index contributed by atoms with van der Waals surface area (Å²) < 4.78 is 5.31. The van der Waals surface area contributed by atoms with Gasteiger partial charge in [0.2, 0.25) is 5.91 Å². The summed E-state index contributed by atoms with van der Waals surface area (Å²) in [6, 6.07) is 15.5. The van der Waals surface area contributed by atoms with Crippen LogP contribution in [0.5, 0.6) is 0 Å². The number of amides is 2. The molecule has 2 aromatic carbocycles. The SMILES string of the molecule is CC(C(=O)N1CCOCC1)c1ccc(N2Cc3ccccc3C2=O)cc1. The molecule has 0 aromatic heterocycles. The largest absolute Gasteiger partial charge is 0.378 e. The second kappa shape index (κ2) is 6.92. The number of rotatable bonds is 3. The van der Waals surface area contributed by atoms with Gasteiger partial charge in [0.05, 0.1) is 25.7 Å². The second-order valence-electron chi connectivity index (χ2n) is 6.80. The number of morpholine rings is 1. The number of nitrogens with zero attached hydrogens (tertiary/aromatic N) is 2. The zero-order valence-corrected chi connectivity index (χ0v) is 14.9. The lowest BCUT2D eigenvalue weighted by Gasteiger charge is -2.29. The molecule has 4 rings (SSSR count). The molecule has 26 heavy (non-hydrogen) atoms. The fourth-order valence-electron chi connectivity index (χ4n) is 3.61. The summed E-state index contributed by atoms with van der Waals surface area (Å²) >= 11 is 0. The number of ether oxygens (including phenoxy) is 1. The molecule has 134 valence electrons. The Morgan fingerprint density at radius 3 is 2.42 bits per heavy atom. The standard InChI is InChI=1S/C21H22N2O3/c1-15(20(24)22-10-12-26-13-11-22)16-6-8-18(9-7-16)23-14-17-4-2-3-5-19(17)21(23)25/h2-9,15H,10-14H2,1H3. The van der Waals surface area contributed by atoms with Gasteiger partial charge in [0.25, 0.3) is 5.91 Å². The number of carbonyl (C=O) groups excluding carboxylic acids is 2. The highest BCUT2D eigenvalue weighted by atomic mass is 16.5. The first kappa shape index (κ1) is 16.8. The van der Waals surface area contributed by atoms with Gasteiger partial charge in [0.1, 0.15) is 0 Å². The first-order valence-corrected chi connectivity index (χ1v) is 9.01. The number of hydrogen-bond acceptors (Lipinski definition) is 3. The third-order valence-corrected chi connectivity index (χ3v) is 5.22. The zero-order chi connectivity index (χ0) is 18.1. The van der Waals surface area contributed by atoms with Crippen molar-refractivity contribution in [1.29, 1.82) is 0 Å². The molecule has 2 heterocycles. The minimum atomic E-state index is -0.200. The molecule has 5 nitrogen and oxygen atoms in total. The molecule has 5 heteroatoms. The molecular formula is C21H22N2O3. The number of fused-ring (bicyclic) bond motifs is 1. The van der Waals surface area contributed by atoms with Crippen LogP contribution in [0.25, 0.3) is 0 Å². The first-order chi connectivity index (χ1) is 12.6. The van der Waals surface area contributed by atoms with Crippen molar-refractivity contribution in [2.45, 2.75) is 19.4 Å². The van der Waals surface area contributed by atoms with Crippen LogP contribution in [0.1, 0.15) is 34.3 Å². The van der Waals surface area contributed by atoms with E-state index in [1.54, 1.807) is 4.90 Å². The molecule has 1 fully saturated rings. The summed E-state index contributed by atoms with van der Waals surface area (Å²) in [6.45, 7) is 5.05. The predicted octanol–water partition coefficient (Wildman–Crippen LogP) is 2.81. The monoisotopic (exact) mass is 350 g/mol. The Balaban J connectivity index is 1.49. The first-order valence-electron chi connectivity index (χ1n) is 9.01. The van der Waals surface area contributed by atoms with Crippen molar-refractivity contribution in [3.05, 3.63) is 65.2 Å². The van der Waals surface area contributed by atoms with E-state index in [2.05, 4.69) is 0 Å². The van der Waals surface area contributed by atoms with Gasteiger partial charge in [-0.15, -0.1) is 0 Å². The molecule has 2 amide bonds. The maximum atomic E-state index is 12.6. The zero-order valence-electron chi connectivity index (χ0n) is 14.9. The smallest absolute Gasteiger partial charge is 0.258 e. The molecule has 1 unspecified atom stereocenters. The van der Waals surface area contributed by atoms with Gasteiger partial charge in [-0.2, -0.15) is 0 Å². The molecule has 0 bridgehead atoms. The van der Waals surface area contributed by atoms with E-state index in [0.29, 0.717) is 32.8 Å². The summed E-state index contributed by atoms with van der Waals surface area (Å²) in [7, 11) is 0. The minimum absolute atomic E-state index is 0.0331. The maximum Gasteiger partial charge on any atom is 0.258 e. The van der Waals surface area contributed by atoms with Crippen molar-refractivity contribution in [2.75, 3.05) is 31.2 Å². The Hall–Kier alpha value is -2.66. The average molecular weight is 350 g/mol. The Morgan fingerprint density at radius 2 is 1.73 bits per heavy atom. The van der Waals surface area contributed by atoms with Gasteiger partial charge in [-0.3, -0.25) is 9.59 Å². The molecular weight excluding hydrogens is 328 g/mol. The molecule has 2 aliphatic rings. The molecule has 0 radical (unpaired) electrons. The lowest BCUT2D eigenvalue weighted by Crippen LogP contribution is -2.42. The highest BCUT2D eigenvalue weighted by molar-refractivity contribution is 6.10. The van der Waals surface area contributed by atoms with E-state index in [1.165, 1.54) is 0 Å². The minimum Gasteiger partial charge on any atom is -0.378 e. The molecule has 0 N–H and O–H groups in total. The van der Waals surface area contributed by atoms with E-state index in [9.17, 15) is 9.59 Å². The van der Waals surface area contributed by atoms with Crippen LogP contribution in [0.15, 0.2) is 48.5 Å². The van der Waals surface area contributed by atoms with E-state index in [-0.39, 0.29) is 17.7 Å². The van der Waals surface area contributed by atoms with Gasteiger partial charge in [0, 0.05) is 24.3 Å². The van der Waals surface area contributed by atoms with Gasteiger partial charge in [-0.25, -0.2) is 0 Å². The Labute approximate surface area is 153 Å². The van der Waals surface area contributed by atoms with Crippen LogP contribution in [-0.2, 0) is 16.1 Å². The van der Waals surface area contributed by atoms with Crippen LogP contribution in [0.4, 0.5) is 5.69 Å². The number of hydrogen-bond donors (Lipinski definition) is 0. The fourth-order valence-corrected chi connectivity index (χ4v) is 3.61. The maximum absolute atomic E-state index is 12.6. The van der Waals surface area contributed by atoms with Crippen LogP contribution in [0.3, 0.4) is 0 Å². The van der Waals surface area contributed by atoms with E-state index in [0.717, 1.165) is 22.4 Å². The number of benzene rings is 2.